The summed E-state index contributed by atoms with van der Waals surface area (Å²) in [6.45, 7) is 5.43. The third kappa shape index (κ3) is 2.12. The Bertz CT molecular complexity index is 289. The summed E-state index contributed by atoms with van der Waals surface area (Å²) in [5.41, 5.74) is 1.31. The van der Waals surface area contributed by atoms with Crippen LogP contribution in [0.2, 0.25) is 0 Å². The van der Waals surface area contributed by atoms with Gasteiger partial charge in [0.15, 0.2) is 0 Å². The summed E-state index contributed by atoms with van der Waals surface area (Å²) in [5.74, 6) is 1.25. The first-order chi connectivity index (χ1) is 6.77. The zero-order valence-corrected chi connectivity index (χ0v) is 9.55. The molecule has 3 nitrogen and oxygen atoms in total. The van der Waals surface area contributed by atoms with Crippen LogP contribution in [0.3, 0.4) is 0 Å². The molecule has 4 heteroatoms. The van der Waals surface area contributed by atoms with Gasteiger partial charge in [0.2, 0.25) is 0 Å². The van der Waals surface area contributed by atoms with Crippen molar-refractivity contribution in [3.05, 3.63) is 18.0 Å². The molecule has 0 aliphatic carbocycles. The molecular weight excluding hydrogens is 194 g/mol. The van der Waals surface area contributed by atoms with Gasteiger partial charge in [-0.3, -0.25) is 4.68 Å². The fraction of sp³-hybridized carbons (Fsp3) is 0.700. The Balaban J connectivity index is 2.07. The zero-order valence-electron chi connectivity index (χ0n) is 8.73. The SMILES string of the molecule is CC(C)n1cc(C2NCCCS2)cn1. The quantitative estimate of drug-likeness (QED) is 0.813. The number of nitrogens with one attached hydrogen (secondary N) is 1. The summed E-state index contributed by atoms with van der Waals surface area (Å²) in [4.78, 5) is 0. The van der Waals surface area contributed by atoms with Crippen LogP contribution >= 0.6 is 11.8 Å². The largest absolute Gasteiger partial charge is 0.302 e. The summed E-state index contributed by atoms with van der Waals surface area (Å²) in [7, 11) is 0. The van der Waals surface area contributed by atoms with E-state index in [-0.39, 0.29) is 0 Å². The molecule has 1 N–H and O–H groups in total. The lowest BCUT2D eigenvalue weighted by Crippen LogP contribution is -2.24. The summed E-state index contributed by atoms with van der Waals surface area (Å²) in [6.07, 6.45) is 5.41. The Kier molecular flexibility index (Phi) is 3.13. The van der Waals surface area contributed by atoms with E-state index in [1.54, 1.807) is 0 Å². The molecule has 0 saturated carbocycles. The third-order valence-corrected chi connectivity index (χ3v) is 3.69. The highest BCUT2D eigenvalue weighted by atomic mass is 32.2. The van der Waals surface area contributed by atoms with E-state index >= 15 is 0 Å². The van der Waals surface area contributed by atoms with Crippen LogP contribution in [0.4, 0.5) is 0 Å². The predicted molar refractivity (Wildman–Crippen MR) is 60.4 cm³/mol. The van der Waals surface area contributed by atoms with Crippen LogP contribution in [0.15, 0.2) is 12.4 Å². The molecule has 1 aromatic heterocycles. The Hall–Kier alpha value is -0.480. The van der Waals surface area contributed by atoms with Crippen molar-refractivity contribution in [1.82, 2.24) is 15.1 Å². The lowest BCUT2D eigenvalue weighted by atomic mass is 10.3. The predicted octanol–water partition coefficient (Wildman–Crippen LogP) is 2.19. The molecule has 2 heterocycles. The van der Waals surface area contributed by atoms with Crippen molar-refractivity contribution in [2.45, 2.75) is 31.7 Å². The van der Waals surface area contributed by atoms with E-state index in [2.05, 4.69) is 30.5 Å². The fourth-order valence-electron chi connectivity index (χ4n) is 1.55. The zero-order chi connectivity index (χ0) is 9.97. The van der Waals surface area contributed by atoms with Gasteiger partial charge in [-0.25, -0.2) is 0 Å². The topological polar surface area (TPSA) is 29.9 Å². The first-order valence-corrected chi connectivity index (χ1v) is 6.21. The molecule has 0 spiro atoms. The lowest BCUT2D eigenvalue weighted by molar-refractivity contribution is 0.531. The van der Waals surface area contributed by atoms with Crippen molar-refractivity contribution >= 4 is 11.8 Å². The number of hydrogen-bond acceptors (Lipinski definition) is 3. The smallest absolute Gasteiger partial charge is 0.0820 e. The van der Waals surface area contributed by atoms with E-state index < -0.39 is 0 Å². The molecule has 0 bridgehead atoms. The summed E-state index contributed by atoms with van der Waals surface area (Å²) in [6, 6.07) is 0.456. The van der Waals surface area contributed by atoms with Crippen molar-refractivity contribution < 1.29 is 0 Å². The van der Waals surface area contributed by atoms with Crippen LogP contribution in [0.5, 0.6) is 0 Å². The molecule has 0 aromatic carbocycles. The minimum atomic E-state index is 0.455. The van der Waals surface area contributed by atoms with Crippen LogP contribution in [0, 0.1) is 0 Å². The molecule has 1 aliphatic heterocycles. The highest BCUT2D eigenvalue weighted by Gasteiger charge is 2.16. The van der Waals surface area contributed by atoms with Crippen molar-refractivity contribution in [3.63, 3.8) is 0 Å². The van der Waals surface area contributed by atoms with E-state index in [1.165, 1.54) is 17.7 Å². The molecule has 2 rings (SSSR count). The fourth-order valence-corrected chi connectivity index (χ4v) is 2.65. The van der Waals surface area contributed by atoms with Gasteiger partial charge in [-0.1, -0.05) is 0 Å². The minimum Gasteiger partial charge on any atom is -0.302 e. The van der Waals surface area contributed by atoms with Crippen LogP contribution in [-0.4, -0.2) is 22.1 Å². The number of hydrogen-bond donors (Lipinski definition) is 1. The number of aromatic nitrogens is 2. The van der Waals surface area contributed by atoms with Gasteiger partial charge in [0.25, 0.3) is 0 Å². The number of nitrogens with zero attached hydrogens (tertiary/aromatic N) is 2. The molecular formula is C10H17N3S. The summed E-state index contributed by atoms with van der Waals surface area (Å²) < 4.78 is 2.02. The molecule has 0 radical (unpaired) electrons. The summed E-state index contributed by atoms with van der Waals surface area (Å²) in [5, 5.41) is 8.31. The molecule has 1 unspecified atom stereocenters. The molecule has 1 saturated heterocycles. The average Bonchev–Trinajstić information content (AvgIpc) is 2.68. The lowest BCUT2D eigenvalue weighted by Gasteiger charge is -2.21. The molecule has 0 amide bonds. The molecule has 1 atom stereocenters. The highest BCUT2D eigenvalue weighted by Crippen LogP contribution is 2.29. The van der Waals surface area contributed by atoms with Crippen LogP contribution < -0.4 is 5.32 Å². The van der Waals surface area contributed by atoms with Gasteiger partial charge in [0.1, 0.15) is 0 Å². The molecule has 78 valence electrons. The Morgan fingerprint density at radius 3 is 3.07 bits per heavy atom. The van der Waals surface area contributed by atoms with Crippen LogP contribution in [-0.2, 0) is 0 Å². The Labute approximate surface area is 89.3 Å². The van der Waals surface area contributed by atoms with E-state index in [1.807, 2.05) is 22.6 Å². The van der Waals surface area contributed by atoms with Gasteiger partial charge in [-0.2, -0.15) is 5.10 Å². The van der Waals surface area contributed by atoms with Gasteiger partial charge in [0, 0.05) is 17.8 Å². The Morgan fingerprint density at radius 2 is 2.50 bits per heavy atom. The molecule has 1 aromatic rings. The van der Waals surface area contributed by atoms with E-state index in [4.69, 9.17) is 0 Å². The molecule has 1 fully saturated rings. The van der Waals surface area contributed by atoms with Crippen LogP contribution in [0.25, 0.3) is 0 Å². The molecule has 14 heavy (non-hydrogen) atoms. The van der Waals surface area contributed by atoms with Crippen molar-refractivity contribution in [1.29, 1.82) is 0 Å². The number of thioether (sulfide) groups is 1. The first-order valence-electron chi connectivity index (χ1n) is 5.16. The third-order valence-electron chi connectivity index (χ3n) is 2.39. The van der Waals surface area contributed by atoms with Crippen molar-refractivity contribution in [2.75, 3.05) is 12.3 Å². The second-order valence-corrected chi connectivity index (χ2v) is 5.12. The minimum absolute atomic E-state index is 0.455. The van der Waals surface area contributed by atoms with Crippen LogP contribution in [0.1, 0.15) is 37.2 Å². The normalized spacial score (nSPS) is 22.9. The van der Waals surface area contributed by atoms with E-state index in [9.17, 15) is 0 Å². The average molecular weight is 211 g/mol. The summed E-state index contributed by atoms with van der Waals surface area (Å²) >= 11 is 1.98. The van der Waals surface area contributed by atoms with E-state index in [0.717, 1.165) is 6.54 Å². The van der Waals surface area contributed by atoms with Gasteiger partial charge < -0.3 is 5.32 Å². The number of rotatable bonds is 2. The second kappa shape index (κ2) is 4.36. The van der Waals surface area contributed by atoms with Crippen molar-refractivity contribution in [2.24, 2.45) is 0 Å². The van der Waals surface area contributed by atoms with Gasteiger partial charge in [0.05, 0.1) is 11.6 Å². The van der Waals surface area contributed by atoms with Crippen molar-refractivity contribution in [3.8, 4) is 0 Å². The standard InChI is InChI=1S/C10H17N3S/c1-8(2)13-7-9(6-12-13)10-11-4-3-5-14-10/h6-8,10-11H,3-5H2,1-2H3. The molecule has 1 aliphatic rings. The monoisotopic (exact) mass is 211 g/mol. The first kappa shape index (κ1) is 10.1. The maximum atomic E-state index is 4.35. The maximum absolute atomic E-state index is 4.35. The second-order valence-electron chi connectivity index (χ2n) is 3.91. The van der Waals surface area contributed by atoms with E-state index in [0.29, 0.717) is 11.4 Å². The highest BCUT2D eigenvalue weighted by molar-refractivity contribution is 7.99. The van der Waals surface area contributed by atoms with Gasteiger partial charge >= 0.3 is 0 Å². The van der Waals surface area contributed by atoms with Gasteiger partial charge in [-0.15, -0.1) is 11.8 Å². The maximum Gasteiger partial charge on any atom is 0.0820 e. The van der Waals surface area contributed by atoms with Gasteiger partial charge in [-0.05, 0) is 32.6 Å². The Morgan fingerprint density at radius 1 is 1.64 bits per heavy atom.